The van der Waals surface area contributed by atoms with Gasteiger partial charge >= 0.3 is 0 Å². The number of hydrogen-bond donors (Lipinski definition) is 2. The predicted octanol–water partition coefficient (Wildman–Crippen LogP) is 2.89. The topological polar surface area (TPSA) is 81.2 Å². The minimum absolute atomic E-state index is 0.00744. The van der Waals surface area contributed by atoms with E-state index in [0.29, 0.717) is 11.4 Å². The fraction of sp³-hybridized carbons (Fsp3) is 0.167. The number of thiophene rings is 1. The highest BCUT2D eigenvalue weighted by molar-refractivity contribution is 7.07. The van der Waals surface area contributed by atoms with Crippen molar-refractivity contribution >= 4 is 28.4 Å². The molecular formula is C12H13N3O2S. The SMILES string of the molecule is Nc1cc(NCCc2ccsc2)cc([N+](=O)[O-])c1. The lowest BCUT2D eigenvalue weighted by Gasteiger charge is -2.06. The van der Waals surface area contributed by atoms with E-state index < -0.39 is 4.92 Å². The number of anilines is 2. The van der Waals surface area contributed by atoms with Crippen LogP contribution in [-0.2, 0) is 6.42 Å². The van der Waals surface area contributed by atoms with Crippen LogP contribution in [-0.4, -0.2) is 11.5 Å². The van der Waals surface area contributed by atoms with Gasteiger partial charge in [-0.2, -0.15) is 11.3 Å². The first kappa shape index (κ1) is 12.4. The molecule has 0 saturated heterocycles. The third-order valence-electron chi connectivity index (χ3n) is 2.47. The van der Waals surface area contributed by atoms with Gasteiger partial charge < -0.3 is 11.1 Å². The molecule has 0 aliphatic carbocycles. The third-order valence-corrected chi connectivity index (χ3v) is 3.21. The number of benzene rings is 1. The van der Waals surface area contributed by atoms with Crippen molar-refractivity contribution in [2.45, 2.75) is 6.42 Å². The minimum Gasteiger partial charge on any atom is -0.398 e. The number of nitrogens with zero attached hydrogens (tertiary/aromatic N) is 1. The van der Waals surface area contributed by atoms with Gasteiger partial charge in [0.25, 0.3) is 5.69 Å². The number of hydrogen-bond acceptors (Lipinski definition) is 5. The Balaban J connectivity index is 1.98. The molecule has 6 heteroatoms. The molecule has 18 heavy (non-hydrogen) atoms. The molecule has 5 nitrogen and oxygen atoms in total. The van der Waals surface area contributed by atoms with E-state index in [4.69, 9.17) is 5.73 Å². The van der Waals surface area contributed by atoms with Crippen LogP contribution in [0.4, 0.5) is 17.1 Å². The first-order valence-corrected chi connectivity index (χ1v) is 6.39. The Hall–Kier alpha value is -2.08. The van der Waals surface area contributed by atoms with Crippen molar-refractivity contribution in [3.63, 3.8) is 0 Å². The molecule has 0 aliphatic heterocycles. The Kier molecular flexibility index (Phi) is 3.78. The smallest absolute Gasteiger partial charge is 0.273 e. The maximum Gasteiger partial charge on any atom is 0.273 e. The fourth-order valence-electron chi connectivity index (χ4n) is 1.63. The van der Waals surface area contributed by atoms with Crippen molar-refractivity contribution in [3.8, 4) is 0 Å². The molecule has 0 fully saturated rings. The molecule has 0 unspecified atom stereocenters. The zero-order valence-corrected chi connectivity index (χ0v) is 10.4. The van der Waals surface area contributed by atoms with E-state index in [1.807, 2.05) is 5.38 Å². The molecule has 0 atom stereocenters. The molecule has 1 aromatic heterocycles. The van der Waals surface area contributed by atoms with Gasteiger partial charge in [0, 0.05) is 30.1 Å². The Labute approximate surface area is 108 Å². The van der Waals surface area contributed by atoms with Gasteiger partial charge in [-0.05, 0) is 34.9 Å². The summed E-state index contributed by atoms with van der Waals surface area (Å²) < 4.78 is 0. The largest absolute Gasteiger partial charge is 0.398 e. The van der Waals surface area contributed by atoms with E-state index in [2.05, 4.69) is 16.8 Å². The van der Waals surface area contributed by atoms with Crippen molar-refractivity contribution in [1.29, 1.82) is 0 Å². The Morgan fingerprint density at radius 2 is 2.22 bits per heavy atom. The van der Waals surface area contributed by atoms with Gasteiger partial charge in [-0.25, -0.2) is 0 Å². The molecule has 2 aromatic rings. The maximum absolute atomic E-state index is 10.7. The predicted molar refractivity (Wildman–Crippen MR) is 74.0 cm³/mol. The van der Waals surface area contributed by atoms with Crippen LogP contribution in [0.15, 0.2) is 35.0 Å². The summed E-state index contributed by atoms with van der Waals surface area (Å²) in [4.78, 5) is 10.2. The van der Waals surface area contributed by atoms with Gasteiger partial charge in [0.2, 0.25) is 0 Å². The summed E-state index contributed by atoms with van der Waals surface area (Å²) in [6.07, 6.45) is 0.881. The monoisotopic (exact) mass is 263 g/mol. The molecule has 0 spiro atoms. The van der Waals surface area contributed by atoms with E-state index in [9.17, 15) is 10.1 Å². The number of nitrogens with one attached hydrogen (secondary N) is 1. The number of rotatable bonds is 5. The Morgan fingerprint density at radius 1 is 1.39 bits per heavy atom. The van der Waals surface area contributed by atoms with Gasteiger partial charge in [-0.15, -0.1) is 0 Å². The van der Waals surface area contributed by atoms with E-state index in [0.717, 1.165) is 13.0 Å². The number of nitrogen functional groups attached to an aromatic ring is 1. The van der Waals surface area contributed by atoms with Crippen molar-refractivity contribution in [2.24, 2.45) is 0 Å². The average Bonchev–Trinajstić information content (AvgIpc) is 2.81. The zero-order valence-electron chi connectivity index (χ0n) is 9.63. The first-order chi connectivity index (χ1) is 8.65. The van der Waals surface area contributed by atoms with Crippen LogP contribution in [0, 0.1) is 10.1 Å². The maximum atomic E-state index is 10.7. The minimum atomic E-state index is -0.444. The summed E-state index contributed by atoms with van der Waals surface area (Å²) in [5.74, 6) is 0. The van der Waals surface area contributed by atoms with Crippen molar-refractivity contribution < 1.29 is 4.92 Å². The number of nitro benzene ring substituents is 1. The lowest BCUT2D eigenvalue weighted by Crippen LogP contribution is -2.05. The van der Waals surface area contributed by atoms with Crippen molar-refractivity contribution in [3.05, 3.63) is 50.7 Å². The highest BCUT2D eigenvalue weighted by atomic mass is 32.1. The molecule has 3 N–H and O–H groups in total. The van der Waals surface area contributed by atoms with E-state index >= 15 is 0 Å². The van der Waals surface area contributed by atoms with Crippen LogP contribution < -0.4 is 11.1 Å². The molecule has 0 amide bonds. The molecule has 2 rings (SSSR count). The Bertz CT molecular complexity index is 540. The number of non-ortho nitro benzene ring substituents is 1. The van der Waals surface area contributed by atoms with E-state index in [-0.39, 0.29) is 5.69 Å². The second-order valence-electron chi connectivity index (χ2n) is 3.88. The van der Waals surface area contributed by atoms with Crippen LogP contribution in [0.1, 0.15) is 5.56 Å². The summed E-state index contributed by atoms with van der Waals surface area (Å²) in [5, 5.41) is 17.9. The molecule has 0 saturated carbocycles. The van der Waals surface area contributed by atoms with Gasteiger partial charge in [-0.1, -0.05) is 0 Å². The Morgan fingerprint density at radius 3 is 2.89 bits per heavy atom. The average molecular weight is 263 g/mol. The molecular weight excluding hydrogens is 250 g/mol. The number of nitrogens with two attached hydrogens (primary N) is 1. The summed E-state index contributed by atoms with van der Waals surface area (Å²) in [6, 6.07) is 6.60. The van der Waals surface area contributed by atoms with Crippen LogP contribution in [0.2, 0.25) is 0 Å². The lowest BCUT2D eigenvalue weighted by atomic mass is 10.2. The van der Waals surface area contributed by atoms with Crippen LogP contribution in [0.25, 0.3) is 0 Å². The van der Waals surface area contributed by atoms with E-state index in [1.165, 1.54) is 17.7 Å². The molecule has 0 bridgehead atoms. The summed E-state index contributed by atoms with van der Waals surface area (Å²) in [6.45, 7) is 0.720. The second-order valence-corrected chi connectivity index (χ2v) is 4.66. The van der Waals surface area contributed by atoms with Gasteiger partial charge in [0.05, 0.1) is 4.92 Å². The van der Waals surface area contributed by atoms with Crippen LogP contribution in [0.5, 0.6) is 0 Å². The molecule has 0 radical (unpaired) electrons. The molecule has 94 valence electrons. The second kappa shape index (κ2) is 5.50. The normalized spacial score (nSPS) is 10.2. The van der Waals surface area contributed by atoms with E-state index in [1.54, 1.807) is 17.4 Å². The van der Waals surface area contributed by atoms with Crippen molar-refractivity contribution in [1.82, 2.24) is 0 Å². The summed E-state index contributed by atoms with van der Waals surface area (Å²) >= 11 is 1.66. The van der Waals surface area contributed by atoms with Crippen LogP contribution >= 0.6 is 11.3 Å². The fourth-order valence-corrected chi connectivity index (χ4v) is 2.33. The zero-order chi connectivity index (χ0) is 13.0. The first-order valence-electron chi connectivity index (χ1n) is 5.45. The standard InChI is InChI=1S/C12H13N3O2S/c13-10-5-11(7-12(6-10)15(16)17)14-3-1-9-2-4-18-8-9/h2,4-8,14H,1,3,13H2. The van der Waals surface area contributed by atoms with Crippen LogP contribution in [0.3, 0.4) is 0 Å². The molecule has 1 aromatic carbocycles. The van der Waals surface area contributed by atoms with Gasteiger partial charge in [0.1, 0.15) is 0 Å². The van der Waals surface area contributed by atoms with Crippen molar-refractivity contribution in [2.75, 3.05) is 17.6 Å². The highest BCUT2D eigenvalue weighted by Gasteiger charge is 2.08. The summed E-state index contributed by atoms with van der Waals surface area (Å²) in [7, 11) is 0. The van der Waals surface area contributed by atoms with Gasteiger partial charge in [0.15, 0.2) is 0 Å². The molecule has 0 aliphatic rings. The lowest BCUT2D eigenvalue weighted by molar-refractivity contribution is -0.384. The quantitative estimate of drug-likeness (QED) is 0.493. The number of nitro groups is 1. The summed E-state index contributed by atoms with van der Waals surface area (Å²) in [5.41, 5.74) is 7.95. The highest BCUT2D eigenvalue weighted by Crippen LogP contribution is 2.22. The molecule has 1 heterocycles. The third kappa shape index (κ3) is 3.21. The van der Waals surface area contributed by atoms with Gasteiger partial charge in [-0.3, -0.25) is 10.1 Å².